The first kappa shape index (κ1) is 41.1. The van der Waals surface area contributed by atoms with E-state index in [1.165, 1.54) is 141 Å². The highest BCUT2D eigenvalue weighted by Crippen LogP contribution is 2.14. The zero-order valence-corrected chi connectivity index (χ0v) is 28.2. The van der Waals surface area contributed by atoms with Gasteiger partial charge in [-0.2, -0.15) is 0 Å². The Morgan fingerprint density at radius 3 is 0.775 bits per heavy atom. The number of esters is 2. The van der Waals surface area contributed by atoms with Gasteiger partial charge in [0, 0.05) is 12.8 Å². The molecule has 0 radical (unpaired) electrons. The molecule has 0 saturated heterocycles. The standard InChI is InChI=1S/C19H38O2.C17H34O2/c1-4-5-6-7-8-9-10-11-12-13-14-15-16-17-19(20)21-18(2)3;1-4-5-6-7-8-9-10-11-12-13-14-15-17(18)19-16(2)3/h18H,4-17H2,1-3H3;16H,4-15H2,1-3H3. The minimum atomic E-state index is -0.0362. The van der Waals surface area contributed by atoms with Crippen molar-refractivity contribution in [2.24, 2.45) is 0 Å². The second-order valence-corrected chi connectivity index (χ2v) is 12.4. The molecule has 0 heterocycles. The molecule has 0 saturated carbocycles. The van der Waals surface area contributed by atoms with Gasteiger partial charge >= 0.3 is 11.9 Å². The van der Waals surface area contributed by atoms with Gasteiger partial charge in [-0.05, 0) is 40.5 Å². The molecule has 0 aliphatic carbocycles. The summed E-state index contributed by atoms with van der Waals surface area (Å²) in [7, 11) is 0. The maximum atomic E-state index is 11.3. The Balaban J connectivity index is 0. The summed E-state index contributed by atoms with van der Waals surface area (Å²) >= 11 is 0. The lowest BCUT2D eigenvalue weighted by Gasteiger charge is -2.07. The van der Waals surface area contributed by atoms with Gasteiger partial charge in [0.15, 0.2) is 0 Å². The van der Waals surface area contributed by atoms with E-state index in [2.05, 4.69) is 13.8 Å². The number of carbonyl (C=O) groups excluding carboxylic acids is 2. The molecule has 0 rings (SSSR count). The number of rotatable bonds is 28. The Morgan fingerprint density at radius 1 is 0.375 bits per heavy atom. The van der Waals surface area contributed by atoms with Crippen LogP contribution < -0.4 is 0 Å². The molecular weight excluding hydrogens is 496 g/mol. The molecule has 0 atom stereocenters. The molecule has 0 aromatic rings. The van der Waals surface area contributed by atoms with E-state index in [0.717, 1.165) is 12.8 Å². The van der Waals surface area contributed by atoms with Crippen LogP contribution >= 0.6 is 0 Å². The Bertz CT molecular complexity index is 515. The molecule has 0 N–H and O–H groups in total. The smallest absolute Gasteiger partial charge is 0.306 e. The summed E-state index contributed by atoms with van der Waals surface area (Å²) in [5.74, 6) is -0.0704. The Labute approximate surface area is 251 Å². The topological polar surface area (TPSA) is 52.6 Å². The van der Waals surface area contributed by atoms with E-state index in [1.54, 1.807) is 0 Å². The molecule has 0 amide bonds. The predicted octanol–water partition coefficient (Wildman–Crippen LogP) is 12.1. The Morgan fingerprint density at radius 2 is 0.575 bits per heavy atom. The summed E-state index contributed by atoms with van der Waals surface area (Å²) in [6.07, 6.45) is 33.1. The van der Waals surface area contributed by atoms with E-state index < -0.39 is 0 Å². The highest BCUT2D eigenvalue weighted by molar-refractivity contribution is 5.69. The van der Waals surface area contributed by atoms with Crippen LogP contribution in [0.25, 0.3) is 0 Å². The molecule has 4 heteroatoms. The number of unbranched alkanes of at least 4 members (excludes halogenated alkanes) is 22. The maximum absolute atomic E-state index is 11.3. The second kappa shape index (κ2) is 34.1. The zero-order chi connectivity index (χ0) is 30.1. The molecule has 0 spiro atoms. The van der Waals surface area contributed by atoms with Crippen LogP contribution in [-0.2, 0) is 19.1 Å². The quantitative estimate of drug-likeness (QED) is 0.0695. The van der Waals surface area contributed by atoms with Gasteiger partial charge in [0.2, 0.25) is 0 Å². The van der Waals surface area contributed by atoms with Gasteiger partial charge in [-0.3, -0.25) is 9.59 Å². The van der Waals surface area contributed by atoms with Gasteiger partial charge in [0.05, 0.1) is 12.2 Å². The highest BCUT2D eigenvalue weighted by atomic mass is 16.5. The van der Waals surface area contributed by atoms with Gasteiger partial charge in [0.1, 0.15) is 0 Å². The molecule has 0 aliphatic heterocycles. The van der Waals surface area contributed by atoms with E-state index in [4.69, 9.17) is 9.47 Å². The van der Waals surface area contributed by atoms with Gasteiger partial charge < -0.3 is 9.47 Å². The molecule has 40 heavy (non-hydrogen) atoms. The van der Waals surface area contributed by atoms with Gasteiger partial charge in [-0.1, -0.05) is 155 Å². The van der Waals surface area contributed by atoms with Crippen molar-refractivity contribution in [1.82, 2.24) is 0 Å². The van der Waals surface area contributed by atoms with Crippen LogP contribution in [0.1, 0.15) is 208 Å². The first-order valence-electron chi connectivity index (χ1n) is 17.7. The molecule has 0 aliphatic rings. The SMILES string of the molecule is CCCCCCCCCCCCCC(=O)OC(C)C.CCCCCCCCCCCCCCCC(=O)OC(C)C. The summed E-state index contributed by atoms with van der Waals surface area (Å²) in [6.45, 7) is 12.1. The number of ether oxygens (including phenoxy) is 2. The van der Waals surface area contributed by atoms with Crippen LogP contribution in [0, 0.1) is 0 Å². The molecule has 4 nitrogen and oxygen atoms in total. The summed E-state index contributed by atoms with van der Waals surface area (Å²) in [4.78, 5) is 22.6. The predicted molar refractivity (Wildman–Crippen MR) is 174 cm³/mol. The normalized spacial score (nSPS) is 11.0. The minimum Gasteiger partial charge on any atom is -0.463 e. The third kappa shape index (κ3) is 39.1. The minimum absolute atomic E-state index is 0.0273. The lowest BCUT2D eigenvalue weighted by atomic mass is 10.0. The van der Waals surface area contributed by atoms with E-state index in [0.29, 0.717) is 12.8 Å². The Hall–Kier alpha value is -1.06. The lowest BCUT2D eigenvalue weighted by molar-refractivity contribution is -0.148. The number of hydrogen-bond donors (Lipinski definition) is 0. The van der Waals surface area contributed by atoms with Gasteiger partial charge in [0.25, 0.3) is 0 Å². The first-order chi connectivity index (χ1) is 19.3. The molecule has 240 valence electrons. The molecule has 0 aromatic heterocycles. The fraction of sp³-hybridized carbons (Fsp3) is 0.944. The van der Waals surface area contributed by atoms with E-state index >= 15 is 0 Å². The van der Waals surface area contributed by atoms with Gasteiger partial charge in [-0.15, -0.1) is 0 Å². The maximum Gasteiger partial charge on any atom is 0.306 e. The third-order valence-corrected chi connectivity index (χ3v) is 7.20. The molecule has 0 unspecified atom stereocenters. The van der Waals surface area contributed by atoms with E-state index in [1.807, 2.05) is 27.7 Å². The zero-order valence-electron chi connectivity index (χ0n) is 28.2. The van der Waals surface area contributed by atoms with Crippen LogP contribution in [0.4, 0.5) is 0 Å². The average Bonchev–Trinajstić information content (AvgIpc) is 2.89. The van der Waals surface area contributed by atoms with Crippen LogP contribution in [0.2, 0.25) is 0 Å². The number of carbonyl (C=O) groups is 2. The van der Waals surface area contributed by atoms with Crippen molar-refractivity contribution in [2.45, 2.75) is 221 Å². The monoisotopic (exact) mass is 569 g/mol. The van der Waals surface area contributed by atoms with Crippen molar-refractivity contribution in [3.8, 4) is 0 Å². The van der Waals surface area contributed by atoms with Crippen molar-refractivity contribution in [1.29, 1.82) is 0 Å². The third-order valence-electron chi connectivity index (χ3n) is 7.20. The summed E-state index contributed by atoms with van der Waals surface area (Å²) in [6, 6.07) is 0. The van der Waals surface area contributed by atoms with Crippen molar-refractivity contribution in [3.05, 3.63) is 0 Å². The fourth-order valence-corrected chi connectivity index (χ4v) is 4.86. The van der Waals surface area contributed by atoms with Gasteiger partial charge in [-0.25, -0.2) is 0 Å². The van der Waals surface area contributed by atoms with Crippen LogP contribution in [0.5, 0.6) is 0 Å². The van der Waals surface area contributed by atoms with E-state index in [-0.39, 0.29) is 24.1 Å². The molecule has 0 bridgehead atoms. The largest absolute Gasteiger partial charge is 0.463 e. The molecular formula is C36H72O4. The van der Waals surface area contributed by atoms with Crippen LogP contribution in [-0.4, -0.2) is 24.1 Å². The summed E-state index contributed by atoms with van der Waals surface area (Å²) in [5, 5.41) is 0. The van der Waals surface area contributed by atoms with Crippen LogP contribution in [0.3, 0.4) is 0 Å². The summed E-state index contributed by atoms with van der Waals surface area (Å²) in [5.41, 5.74) is 0. The number of hydrogen-bond acceptors (Lipinski definition) is 4. The van der Waals surface area contributed by atoms with Crippen molar-refractivity contribution in [3.63, 3.8) is 0 Å². The Kier molecular flexibility index (Phi) is 35.1. The average molecular weight is 569 g/mol. The van der Waals surface area contributed by atoms with E-state index in [9.17, 15) is 9.59 Å². The van der Waals surface area contributed by atoms with Crippen LogP contribution in [0.15, 0.2) is 0 Å². The molecule has 0 aromatic carbocycles. The second-order valence-electron chi connectivity index (χ2n) is 12.4. The fourth-order valence-electron chi connectivity index (χ4n) is 4.86. The highest BCUT2D eigenvalue weighted by Gasteiger charge is 2.05. The molecule has 0 fully saturated rings. The van der Waals surface area contributed by atoms with Crippen molar-refractivity contribution >= 4 is 11.9 Å². The summed E-state index contributed by atoms with van der Waals surface area (Å²) < 4.78 is 10.2. The first-order valence-corrected chi connectivity index (χ1v) is 17.7. The lowest BCUT2D eigenvalue weighted by Crippen LogP contribution is -2.10. The van der Waals surface area contributed by atoms with Crippen molar-refractivity contribution in [2.75, 3.05) is 0 Å². The van der Waals surface area contributed by atoms with Crippen molar-refractivity contribution < 1.29 is 19.1 Å².